The molecule has 0 radical (unpaired) electrons. The van der Waals surface area contributed by atoms with Crippen molar-refractivity contribution in [3.63, 3.8) is 0 Å². The summed E-state index contributed by atoms with van der Waals surface area (Å²) in [6, 6.07) is 11.4. The van der Waals surface area contributed by atoms with Gasteiger partial charge in [-0.25, -0.2) is 4.39 Å². The quantitative estimate of drug-likeness (QED) is 0.922. The summed E-state index contributed by atoms with van der Waals surface area (Å²) >= 11 is 5.79. The minimum absolute atomic E-state index is 0.257. The normalized spacial score (nSPS) is 12.2. The van der Waals surface area contributed by atoms with Crippen molar-refractivity contribution in [2.75, 3.05) is 6.61 Å². The van der Waals surface area contributed by atoms with E-state index >= 15 is 0 Å². The fourth-order valence-electron chi connectivity index (χ4n) is 1.86. The minimum Gasteiger partial charge on any atom is -0.492 e. The van der Waals surface area contributed by atoms with Crippen molar-refractivity contribution in [1.82, 2.24) is 0 Å². The van der Waals surface area contributed by atoms with Crippen molar-refractivity contribution in [2.24, 2.45) is 5.73 Å². The number of halogens is 2. The Kier molecular flexibility index (Phi) is 4.40. The topological polar surface area (TPSA) is 35.2 Å². The average molecular weight is 280 g/mol. The first-order chi connectivity index (χ1) is 9.06. The Morgan fingerprint density at radius 3 is 2.53 bits per heavy atom. The van der Waals surface area contributed by atoms with Gasteiger partial charge in [0, 0.05) is 5.02 Å². The van der Waals surface area contributed by atoms with Crippen LogP contribution >= 0.6 is 11.6 Å². The van der Waals surface area contributed by atoms with Gasteiger partial charge in [-0.15, -0.1) is 0 Å². The lowest BCUT2D eigenvalue weighted by Crippen LogP contribution is -2.20. The van der Waals surface area contributed by atoms with E-state index in [1.54, 1.807) is 30.3 Å². The zero-order chi connectivity index (χ0) is 13.8. The predicted octanol–water partition coefficient (Wildman–Crippen LogP) is 3.87. The van der Waals surface area contributed by atoms with E-state index in [4.69, 9.17) is 22.1 Å². The van der Waals surface area contributed by atoms with Crippen LogP contribution in [-0.2, 0) is 0 Å². The summed E-state index contributed by atoms with van der Waals surface area (Å²) in [5, 5.41) is 0.658. The van der Waals surface area contributed by atoms with Crippen LogP contribution in [0.15, 0.2) is 42.5 Å². The second-order valence-electron chi connectivity index (χ2n) is 4.37. The summed E-state index contributed by atoms with van der Waals surface area (Å²) in [5.74, 6) is 0.451. The summed E-state index contributed by atoms with van der Waals surface area (Å²) < 4.78 is 18.6. The van der Waals surface area contributed by atoms with Crippen LogP contribution in [0.4, 0.5) is 4.39 Å². The third kappa shape index (κ3) is 3.69. The Morgan fingerprint density at radius 2 is 1.89 bits per heavy atom. The van der Waals surface area contributed by atoms with Crippen LogP contribution in [0.2, 0.25) is 5.02 Å². The number of nitrogens with two attached hydrogens (primary N) is 1. The number of ether oxygens (including phenoxy) is 1. The van der Waals surface area contributed by atoms with E-state index in [1.165, 1.54) is 12.1 Å². The van der Waals surface area contributed by atoms with E-state index in [1.807, 2.05) is 6.92 Å². The van der Waals surface area contributed by atoms with Crippen LogP contribution in [0.1, 0.15) is 17.2 Å². The Labute approximate surface area is 117 Å². The Morgan fingerprint density at radius 1 is 1.21 bits per heavy atom. The van der Waals surface area contributed by atoms with Crippen molar-refractivity contribution in [3.8, 4) is 5.75 Å². The molecule has 0 aliphatic rings. The van der Waals surface area contributed by atoms with E-state index in [-0.39, 0.29) is 11.9 Å². The molecule has 1 atom stereocenters. The molecule has 2 aromatic rings. The van der Waals surface area contributed by atoms with Gasteiger partial charge in [-0.3, -0.25) is 0 Å². The molecule has 0 bridgehead atoms. The van der Waals surface area contributed by atoms with E-state index in [9.17, 15) is 4.39 Å². The van der Waals surface area contributed by atoms with Gasteiger partial charge in [0.2, 0.25) is 0 Å². The molecule has 100 valence electrons. The maximum atomic E-state index is 13.0. The number of hydrogen-bond donors (Lipinski definition) is 1. The molecular weight excluding hydrogens is 265 g/mol. The lowest BCUT2D eigenvalue weighted by molar-refractivity contribution is 0.290. The second kappa shape index (κ2) is 6.04. The Bertz CT molecular complexity index is 557. The number of aryl methyl sites for hydroxylation is 1. The highest BCUT2D eigenvalue weighted by Crippen LogP contribution is 2.20. The Balaban J connectivity index is 2.01. The van der Waals surface area contributed by atoms with Crippen molar-refractivity contribution in [1.29, 1.82) is 0 Å². The van der Waals surface area contributed by atoms with Crippen molar-refractivity contribution in [3.05, 3.63) is 64.4 Å². The molecule has 1 unspecified atom stereocenters. The molecule has 0 fully saturated rings. The fraction of sp³-hybridized carbons (Fsp3) is 0.200. The lowest BCUT2D eigenvalue weighted by Gasteiger charge is -2.16. The number of benzene rings is 2. The highest BCUT2D eigenvalue weighted by Gasteiger charge is 2.10. The predicted molar refractivity (Wildman–Crippen MR) is 75.0 cm³/mol. The van der Waals surface area contributed by atoms with E-state index < -0.39 is 0 Å². The number of rotatable bonds is 4. The van der Waals surface area contributed by atoms with E-state index in [2.05, 4.69) is 0 Å². The van der Waals surface area contributed by atoms with Crippen LogP contribution in [0, 0.1) is 12.7 Å². The molecule has 0 aliphatic carbocycles. The molecule has 4 heteroatoms. The summed E-state index contributed by atoms with van der Waals surface area (Å²) in [6.45, 7) is 2.16. The smallest absolute Gasteiger partial charge is 0.123 e. The molecule has 0 aromatic heterocycles. The SMILES string of the molecule is Cc1cc(F)ccc1C(N)COc1ccc(Cl)cc1. The van der Waals surface area contributed by atoms with Gasteiger partial charge in [-0.1, -0.05) is 17.7 Å². The van der Waals surface area contributed by atoms with Crippen molar-refractivity contribution in [2.45, 2.75) is 13.0 Å². The maximum Gasteiger partial charge on any atom is 0.123 e. The maximum absolute atomic E-state index is 13.0. The summed E-state index contributed by atoms with van der Waals surface area (Å²) in [7, 11) is 0. The third-order valence-corrected chi connectivity index (χ3v) is 3.13. The molecule has 2 nitrogen and oxygen atoms in total. The monoisotopic (exact) mass is 279 g/mol. The minimum atomic E-state index is -0.295. The molecule has 0 heterocycles. The number of hydrogen-bond acceptors (Lipinski definition) is 2. The average Bonchev–Trinajstić information content (AvgIpc) is 2.37. The highest BCUT2D eigenvalue weighted by molar-refractivity contribution is 6.30. The van der Waals surface area contributed by atoms with E-state index in [0.717, 1.165) is 11.1 Å². The van der Waals surface area contributed by atoms with Gasteiger partial charge in [0.05, 0.1) is 6.04 Å². The van der Waals surface area contributed by atoms with E-state index in [0.29, 0.717) is 17.4 Å². The summed E-state index contributed by atoms with van der Waals surface area (Å²) in [6.07, 6.45) is 0. The molecule has 2 N–H and O–H groups in total. The first-order valence-corrected chi connectivity index (χ1v) is 6.34. The molecule has 2 aromatic carbocycles. The van der Waals surface area contributed by atoms with Gasteiger partial charge in [0.1, 0.15) is 18.2 Å². The molecule has 0 saturated heterocycles. The molecule has 0 spiro atoms. The molecule has 0 amide bonds. The largest absolute Gasteiger partial charge is 0.492 e. The molecule has 0 aliphatic heterocycles. The van der Waals surface area contributed by atoms with Crippen molar-refractivity contribution < 1.29 is 9.13 Å². The zero-order valence-corrected chi connectivity index (χ0v) is 11.3. The summed E-state index contributed by atoms with van der Waals surface area (Å²) in [5.41, 5.74) is 7.76. The van der Waals surface area contributed by atoms with Gasteiger partial charge in [-0.2, -0.15) is 0 Å². The fourth-order valence-corrected chi connectivity index (χ4v) is 1.99. The first-order valence-electron chi connectivity index (χ1n) is 5.96. The summed E-state index contributed by atoms with van der Waals surface area (Å²) in [4.78, 5) is 0. The van der Waals surface area contributed by atoms with Crippen molar-refractivity contribution >= 4 is 11.6 Å². The van der Waals surface area contributed by atoms with Gasteiger partial charge >= 0.3 is 0 Å². The zero-order valence-electron chi connectivity index (χ0n) is 10.6. The van der Waals surface area contributed by atoms with Crippen LogP contribution in [0.3, 0.4) is 0 Å². The van der Waals surface area contributed by atoms with Gasteiger partial charge < -0.3 is 10.5 Å². The van der Waals surface area contributed by atoms with Crippen LogP contribution in [-0.4, -0.2) is 6.61 Å². The molecule has 2 rings (SSSR count). The van der Waals surface area contributed by atoms with Crippen LogP contribution < -0.4 is 10.5 Å². The Hall–Kier alpha value is -1.58. The molecule has 19 heavy (non-hydrogen) atoms. The third-order valence-electron chi connectivity index (χ3n) is 2.87. The van der Waals surface area contributed by atoms with Gasteiger partial charge in [0.15, 0.2) is 0 Å². The van der Waals surface area contributed by atoms with Gasteiger partial charge in [-0.05, 0) is 54.4 Å². The highest BCUT2D eigenvalue weighted by atomic mass is 35.5. The second-order valence-corrected chi connectivity index (χ2v) is 4.81. The molecule has 0 saturated carbocycles. The standard InChI is InChI=1S/C15H15ClFNO/c1-10-8-12(17)4-7-14(10)15(18)9-19-13-5-2-11(16)3-6-13/h2-8,15H,9,18H2,1H3. The first kappa shape index (κ1) is 13.8. The lowest BCUT2D eigenvalue weighted by atomic mass is 10.0. The van der Waals surface area contributed by atoms with Crippen LogP contribution in [0.5, 0.6) is 5.75 Å². The van der Waals surface area contributed by atoms with Gasteiger partial charge in [0.25, 0.3) is 0 Å². The van der Waals surface area contributed by atoms with Crippen LogP contribution in [0.25, 0.3) is 0 Å². The molecular formula is C15H15ClFNO.